The third-order valence-corrected chi connectivity index (χ3v) is 5.47. The van der Waals surface area contributed by atoms with E-state index in [-0.39, 0.29) is 5.91 Å². The number of halogens is 1. The third kappa shape index (κ3) is 5.72. The Morgan fingerprint density at radius 2 is 1.68 bits per heavy atom. The molecule has 1 fully saturated rings. The number of benzene rings is 2. The van der Waals surface area contributed by atoms with Crippen LogP contribution in [0.25, 0.3) is 0 Å². The number of methoxy groups -OCH3 is 1. The summed E-state index contributed by atoms with van der Waals surface area (Å²) in [6.45, 7) is 6.05. The SMILES string of the molecule is COc1ccc(CN2CCCN(C(=O)C(C)Oc3ccc(Br)cc3)CC2)cc1. The van der Waals surface area contributed by atoms with Gasteiger partial charge >= 0.3 is 0 Å². The van der Waals surface area contributed by atoms with Crippen LogP contribution in [0, 0.1) is 0 Å². The zero-order chi connectivity index (χ0) is 19.9. The van der Waals surface area contributed by atoms with Gasteiger partial charge in [0.25, 0.3) is 5.91 Å². The molecule has 1 unspecified atom stereocenters. The van der Waals surface area contributed by atoms with Crippen molar-refractivity contribution >= 4 is 21.8 Å². The van der Waals surface area contributed by atoms with Gasteiger partial charge in [-0.15, -0.1) is 0 Å². The average Bonchev–Trinajstić information content (AvgIpc) is 2.95. The van der Waals surface area contributed by atoms with Gasteiger partial charge in [-0.2, -0.15) is 0 Å². The maximum Gasteiger partial charge on any atom is 0.263 e. The number of amides is 1. The number of hydrogen-bond donors (Lipinski definition) is 0. The number of carbonyl (C=O) groups excluding carboxylic acids is 1. The summed E-state index contributed by atoms with van der Waals surface area (Å²) in [6.07, 6.45) is 0.474. The molecule has 0 radical (unpaired) electrons. The number of rotatable bonds is 6. The summed E-state index contributed by atoms with van der Waals surface area (Å²) in [7, 11) is 1.68. The molecular formula is C22H27BrN2O3. The third-order valence-electron chi connectivity index (χ3n) is 4.94. The Labute approximate surface area is 175 Å². The summed E-state index contributed by atoms with van der Waals surface area (Å²) in [5, 5.41) is 0. The fourth-order valence-corrected chi connectivity index (χ4v) is 3.63. The minimum Gasteiger partial charge on any atom is -0.497 e. The second-order valence-electron chi connectivity index (χ2n) is 7.02. The van der Waals surface area contributed by atoms with Gasteiger partial charge < -0.3 is 14.4 Å². The van der Waals surface area contributed by atoms with Crippen LogP contribution in [0.5, 0.6) is 11.5 Å². The van der Waals surface area contributed by atoms with Crippen molar-refractivity contribution in [3.63, 3.8) is 0 Å². The van der Waals surface area contributed by atoms with Crippen molar-refractivity contribution in [1.29, 1.82) is 0 Å². The number of hydrogen-bond acceptors (Lipinski definition) is 4. The molecule has 0 spiro atoms. The maximum atomic E-state index is 12.8. The second kappa shape index (κ2) is 9.94. The molecule has 0 saturated carbocycles. The fraction of sp³-hybridized carbons (Fsp3) is 0.409. The molecule has 1 atom stereocenters. The summed E-state index contributed by atoms with van der Waals surface area (Å²) in [4.78, 5) is 17.1. The quantitative estimate of drug-likeness (QED) is 0.673. The Morgan fingerprint density at radius 1 is 1.00 bits per heavy atom. The van der Waals surface area contributed by atoms with Gasteiger partial charge in [-0.1, -0.05) is 28.1 Å². The monoisotopic (exact) mass is 446 g/mol. The highest BCUT2D eigenvalue weighted by Crippen LogP contribution is 2.19. The average molecular weight is 447 g/mol. The van der Waals surface area contributed by atoms with Crippen molar-refractivity contribution in [3.05, 3.63) is 58.6 Å². The lowest BCUT2D eigenvalue weighted by atomic mass is 10.2. The highest BCUT2D eigenvalue weighted by atomic mass is 79.9. The van der Waals surface area contributed by atoms with Crippen LogP contribution in [0.3, 0.4) is 0 Å². The Morgan fingerprint density at radius 3 is 2.36 bits per heavy atom. The smallest absolute Gasteiger partial charge is 0.263 e. The van der Waals surface area contributed by atoms with Gasteiger partial charge in [0.1, 0.15) is 11.5 Å². The minimum absolute atomic E-state index is 0.0502. The van der Waals surface area contributed by atoms with Crippen molar-refractivity contribution in [2.75, 3.05) is 33.3 Å². The van der Waals surface area contributed by atoms with E-state index < -0.39 is 6.10 Å². The van der Waals surface area contributed by atoms with E-state index in [2.05, 4.69) is 33.0 Å². The van der Waals surface area contributed by atoms with Crippen molar-refractivity contribution in [2.24, 2.45) is 0 Å². The van der Waals surface area contributed by atoms with Crippen LogP contribution < -0.4 is 9.47 Å². The highest BCUT2D eigenvalue weighted by Gasteiger charge is 2.24. The van der Waals surface area contributed by atoms with E-state index in [1.165, 1.54) is 5.56 Å². The lowest BCUT2D eigenvalue weighted by Crippen LogP contribution is -2.42. The molecule has 2 aromatic carbocycles. The van der Waals surface area contributed by atoms with Crippen molar-refractivity contribution < 1.29 is 14.3 Å². The number of nitrogens with zero attached hydrogens (tertiary/aromatic N) is 2. The Kier molecular flexibility index (Phi) is 7.34. The van der Waals surface area contributed by atoms with E-state index in [1.54, 1.807) is 7.11 Å². The fourth-order valence-electron chi connectivity index (χ4n) is 3.36. The lowest BCUT2D eigenvalue weighted by Gasteiger charge is -2.25. The first-order valence-electron chi connectivity index (χ1n) is 9.61. The molecule has 6 heteroatoms. The molecule has 0 bridgehead atoms. The van der Waals surface area contributed by atoms with Crippen molar-refractivity contribution in [1.82, 2.24) is 9.80 Å². The van der Waals surface area contributed by atoms with Crippen LogP contribution in [0.15, 0.2) is 53.0 Å². The largest absolute Gasteiger partial charge is 0.497 e. The zero-order valence-corrected chi connectivity index (χ0v) is 18.0. The zero-order valence-electron chi connectivity index (χ0n) is 16.4. The van der Waals surface area contributed by atoms with Gasteiger partial charge in [0.2, 0.25) is 0 Å². The van der Waals surface area contributed by atoms with Gasteiger partial charge in [0, 0.05) is 37.2 Å². The Hall–Kier alpha value is -2.05. The van der Waals surface area contributed by atoms with Crippen molar-refractivity contribution in [3.8, 4) is 11.5 Å². The Bertz CT molecular complexity index is 764. The summed E-state index contributed by atoms with van der Waals surface area (Å²) in [5.41, 5.74) is 1.26. The first-order valence-corrected chi connectivity index (χ1v) is 10.4. The van der Waals surface area contributed by atoms with Gasteiger partial charge in [0.05, 0.1) is 7.11 Å². The molecule has 2 aromatic rings. The summed E-state index contributed by atoms with van der Waals surface area (Å²) < 4.78 is 12.0. The topological polar surface area (TPSA) is 42.0 Å². The molecule has 28 heavy (non-hydrogen) atoms. The summed E-state index contributed by atoms with van der Waals surface area (Å²) in [5.74, 6) is 1.63. The van der Waals surface area contributed by atoms with E-state index in [4.69, 9.17) is 9.47 Å². The highest BCUT2D eigenvalue weighted by molar-refractivity contribution is 9.10. The van der Waals surface area contributed by atoms with Crippen molar-refractivity contribution in [2.45, 2.75) is 26.0 Å². The molecule has 1 aliphatic rings. The van der Waals surface area contributed by atoms with E-state index in [0.717, 1.165) is 49.4 Å². The van der Waals surface area contributed by atoms with E-state index in [1.807, 2.05) is 48.2 Å². The van der Waals surface area contributed by atoms with E-state index in [9.17, 15) is 4.79 Å². The molecule has 150 valence electrons. The summed E-state index contributed by atoms with van der Waals surface area (Å²) in [6, 6.07) is 15.7. The maximum absolute atomic E-state index is 12.8. The second-order valence-corrected chi connectivity index (χ2v) is 7.93. The van der Waals surface area contributed by atoms with Gasteiger partial charge in [-0.3, -0.25) is 9.69 Å². The van der Waals surface area contributed by atoms with Crippen LogP contribution in [0.1, 0.15) is 18.9 Å². The molecule has 1 saturated heterocycles. The molecular weight excluding hydrogens is 420 g/mol. The van der Waals surface area contributed by atoms with Gasteiger partial charge in [-0.25, -0.2) is 0 Å². The summed E-state index contributed by atoms with van der Waals surface area (Å²) >= 11 is 3.41. The normalized spacial score (nSPS) is 16.3. The first kappa shape index (κ1) is 20.7. The van der Waals surface area contributed by atoms with Crippen LogP contribution in [-0.4, -0.2) is 55.1 Å². The molecule has 1 heterocycles. The predicted molar refractivity (Wildman–Crippen MR) is 114 cm³/mol. The molecule has 0 N–H and O–H groups in total. The molecule has 5 nitrogen and oxygen atoms in total. The van der Waals surface area contributed by atoms with Crippen LogP contribution in [-0.2, 0) is 11.3 Å². The lowest BCUT2D eigenvalue weighted by molar-refractivity contribution is -0.137. The number of ether oxygens (including phenoxy) is 2. The van der Waals surface area contributed by atoms with Gasteiger partial charge in [0.15, 0.2) is 6.10 Å². The number of carbonyl (C=O) groups is 1. The van der Waals surface area contributed by atoms with Crippen LogP contribution in [0.2, 0.25) is 0 Å². The van der Waals surface area contributed by atoms with E-state index in [0.29, 0.717) is 5.75 Å². The molecule has 0 aliphatic carbocycles. The van der Waals surface area contributed by atoms with Crippen LogP contribution >= 0.6 is 15.9 Å². The van der Waals surface area contributed by atoms with Gasteiger partial charge in [-0.05, 0) is 55.3 Å². The molecule has 1 amide bonds. The minimum atomic E-state index is -0.491. The standard InChI is InChI=1S/C22H27BrN2O3/c1-17(28-21-10-6-19(23)7-11-21)22(26)25-13-3-12-24(14-15-25)16-18-4-8-20(27-2)9-5-18/h4-11,17H,3,12-16H2,1-2H3. The predicted octanol–water partition coefficient (Wildman–Crippen LogP) is 3.96. The molecule has 3 rings (SSSR count). The van der Waals surface area contributed by atoms with E-state index >= 15 is 0 Å². The first-order chi connectivity index (χ1) is 13.5. The Balaban J connectivity index is 1.51. The van der Waals surface area contributed by atoms with Crippen LogP contribution in [0.4, 0.5) is 0 Å². The molecule has 1 aliphatic heterocycles. The molecule has 0 aromatic heterocycles.